The molecule has 0 fully saturated rings. The van der Waals surface area contributed by atoms with Crippen molar-refractivity contribution < 1.29 is 27.9 Å². The summed E-state index contributed by atoms with van der Waals surface area (Å²) in [6.07, 6.45) is 3.36. The van der Waals surface area contributed by atoms with E-state index in [-0.39, 0.29) is 30.8 Å². The van der Waals surface area contributed by atoms with E-state index in [2.05, 4.69) is 13.8 Å². The van der Waals surface area contributed by atoms with Gasteiger partial charge >= 0.3 is 155 Å². The minimum atomic E-state index is -4.32. The molecule has 25 heavy (non-hydrogen) atoms. The third-order valence-electron chi connectivity index (χ3n) is 3.63. The van der Waals surface area contributed by atoms with Crippen LogP contribution >= 0.6 is 15.3 Å². The monoisotopic (exact) mass is 404 g/mol. The zero-order valence-electron chi connectivity index (χ0n) is 17.4. The van der Waals surface area contributed by atoms with Crippen LogP contribution in [0.4, 0.5) is 0 Å². The number of hydrogen-bond donors (Lipinski definition) is 2. The van der Waals surface area contributed by atoms with Gasteiger partial charge in [-0.15, -0.1) is 0 Å². The van der Waals surface area contributed by atoms with Crippen LogP contribution in [0.15, 0.2) is 0 Å². The molecule has 0 aromatic carbocycles. The Morgan fingerprint density at radius 1 is 0.800 bits per heavy atom. The normalized spacial score (nSPS) is 16.0. The van der Waals surface area contributed by atoms with Crippen molar-refractivity contribution >= 4 is 15.3 Å². The summed E-state index contributed by atoms with van der Waals surface area (Å²) in [5.41, 5.74) is 0. The Balaban J connectivity index is 5.38. The molecule has 156 valence electrons. The van der Waals surface area contributed by atoms with Gasteiger partial charge in [0.15, 0.2) is 0 Å². The molecule has 0 saturated heterocycles. The van der Waals surface area contributed by atoms with Gasteiger partial charge in [-0.2, -0.15) is 0 Å². The molecule has 0 saturated carbocycles. The van der Waals surface area contributed by atoms with Crippen LogP contribution in [0, 0.1) is 5.92 Å². The van der Waals surface area contributed by atoms with E-state index < -0.39 is 15.3 Å². The minimum absolute atomic E-state index is 0.263. The fourth-order valence-corrected chi connectivity index (χ4v) is 9.88. The van der Waals surface area contributed by atoms with Crippen molar-refractivity contribution in [3.8, 4) is 0 Å². The molecule has 0 aliphatic carbocycles. The number of hydrogen-bond acceptors (Lipinski definition) is 6. The molecule has 0 aliphatic rings. The first kappa shape index (κ1) is 25.6. The quantitative estimate of drug-likeness (QED) is 0.378. The summed E-state index contributed by atoms with van der Waals surface area (Å²) in [7, 11) is -8.11. The van der Waals surface area contributed by atoms with Gasteiger partial charge in [-0.1, -0.05) is 0 Å². The van der Waals surface area contributed by atoms with E-state index in [0.717, 1.165) is 25.7 Å². The van der Waals surface area contributed by atoms with Gasteiger partial charge in [0.1, 0.15) is 0 Å². The maximum absolute atomic E-state index is 10.9. The molecular weight excluding hydrogens is 362 g/mol. The summed E-state index contributed by atoms with van der Waals surface area (Å²) in [6, 6.07) is 0. The molecule has 0 bridgehead atoms. The Labute approximate surface area is 155 Å². The zero-order valence-corrected chi connectivity index (χ0v) is 19.4. The van der Waals surface area contributed by atoms with E-state index >= 15 is 0 Å². The van der Waals surface area contributed by atoms with Gasteiger partial charge in [0.25, 0.3) is 0 Å². The molecule has 6 nitrogen and oxygen atoms in total. The van der Waals surface area contributed by atoms with Gasteiger partial charge in [0.2, 0.25) is 0 Å². The van der Waals surface area contributed by atoms with Gasteiger partial charge in [-0.25, -0.2) is 0 Å². The molecule has 0 aromatic rings. The molecular formula is C17H42O6P2. The van der Waals surface area contributed by atoms with Crippen LogP contribution in [-0.2, 0) is 18.1 Å². The standard InChI is InChI=1S/C17H42O6P2/c1-9-11-12-17(10-2)13-20-24(18,19)25(21-14(3)4,22-15(5)6)23-16(7)8/h14-19,24-25H,9-13H2,1-8H3. The van der Waals surface area contributed by atoms with Crippen LogP contribution in [-0.4, -0.2) is 34.7 Å². The topological polar surface area (TPSA) is 77.4 Å². The van der Waals surface area contributed by atoms with Crippen LogP contribution in [0.3, 0.4) is 0 Å². The summed E-state index contributed by atoms with van der Waals surface area (Å²) < 4.78 is 23.4. The molecule has 1 atom stereocenters. The molecule has 0 heterocycles. The maximum atomic E-state index is 10.9. The predicted octanol–water partition coefficient (Wildman–Crippen LogP) is 5.38. The van der Waals surface area contributed by atoms with Gasteiger partial charge < -0.3 is 0 Å². The number of unbranched alkanes of at least 4 members (excludes halogenated alkanes) is 1. The molecule has 0 radical (unpaired) electrons. The molecule has 0 aromatic heterocycles. The SMILES string of the molecule is CCCCC(CC)CO[PH](O)(O)[PH](OC(C)C)(OC(C)C)OC(C)C. The molecule has 0 rings (SSSR count). The van der Waals surface area contributed by atoms with Crippen molar-refractivity contribution in [2.75, 3.05) is 6.61 Å². The van der Waals surface area contributed by atoms with Crippen molar-refractivity contribution in [2.45, 2.75) is 99.4 Å². The van der Waals surface area contributed by atoms with Gasteiger partial charge in [0, 0.05) is 0 Å². The van der Waals surface area contributed by atoms with E-state index in [1.807, 2.05) is 41.5 Å². The van der Waals surface area contributed by atoms with E-state index in [9.17, 15) is 9.79 Å². The first-order chi connectivity index (χ1) is 11.5. The van der Waals surface area contributed by atoms with E-state index in [1.165, 1.54) is 0 Å². The molecule has 0 spiro atoms. The van der Waals surface area contributed by atoms with Crippen LogP contribution in [0.25, 0.3) is 0 Å². The van der Waals surface area contributed by atoms with Crippen molar-refractivity contribution in [3.05, 3.63) is 0 Å². The van der Waals surface area contributed by atoms with E-state index in [1.54, 1.807) is 0 Å². The summed E-state index contributed by atoms with van der Waals surface area (Å²) in [5.74, 6) is 0.287. The molecule has 1 unspecified atom stereocenters. The Bertz CT molecular complexity index is 324. The van der Waals surface area contributed by atoms with Crippen molar-refractivity contribution in [1.29, 1.82) is 0 Å². The van der Waals surface area contributed by atoms with Gasteiger partial charge in [0.05, 0.1) is 0 Å². The summed E-state index contributed by atoms with van der Waals surface area (Å²) in [4.78, 5) is 21.8. The Kier molecular flexibility index (Phi) is 12.5. The van der Waals surface area contributed by atoms with Crippen LogP contribution in [0.2, 0.25) is 0 Å². The van der Waals surface area contributed by atoms with Crippen LogP contribution < -0.4 is 0 Å². The Morgan fingerprint density at radius 3 is 1.56 bits per heavy atom. The fourth-order valence-electron chi connectivity index (χ4n) is 2.47. The average Bonchev–Trinajstić information content (AvgIpc) is 2.45. The summed E-state index contributed by atoms with van der Waals surface area (Å²) in [5, 5.41) is 0. The van der Waals surface area contributed by atoms with E-state index in [0.29, 0.717) is 0 Å². The van der Waals surface area contributed by atoms with Crippen molar-refractivity contribution in [1.82, 2.24) is 0 Å². The fraction of sp³-hybridized carbons (Fsp3) is 1.00. The molecule has 2 N–H and O–H groups in total. The second-order valence-corrected chi connectivity index (χ2v) is 14.5. The first-order valence-electron chi connectivity index (χ1n) is 9.61. The predicted molar refractivity (Wildman–Crippen MR) is 109 cm³/mol. The Morgan fingerprint density at radius 2 is 1.24 bits per heavy atom. The number of rotatable bonds is 14. The third-order valence-corrected chi connectivity index (χ3v) is 11.2. The average molecular weight is 404 g/mol. The van der Waals surface area contributed by atoms with E-state index in [4.69, 9.17) is 18.1 Å². The Hall–Kier alpha value is 0.620. The second kappa shape index (κ2) is 12.2. The third kappa shape index (κ3) is 9.39. The van der Waals surface area contributed by atoms with Crippen molar-refractivity contribution in [2.24, 2.45) is 5.92 Å². The van der Waals surface area contributed by atoms with Gasteiger partial charge in [-0.05, 0) is 0 Å². The summed E-state index contributed by atoms with van der Waals surface area (Å²) in [6.45, 7) is 15.5. The second-order valence-electron chi connectivity index (χ2n) is 7.39. The van der Waals surface area contributed by atoms with Crippen LogP contribution in [0.1, 0.15) is 81.1 Å². The summed E-state index contributed by atoms with van der Waals surface area (Å²) >= 11 is 0. The first-order valence-corrected chi connectivity index (χ1v) is 14.1. The van der Waals surface area contributed by atoms with Crippen molar-refractivity contribution in [3.63, 3.8) is 0 Å². The van der Waals surface area contributed by atoms with Gasteiger partial charge in [-0.3, -0.25) is 0 Å². The molecule has 0 aliphatic heterocycles. The molecule has 8 heteroatoms. The molecule has 0 amide bonds. The zero-order chi connectivity index (χ0) is 19.7. The van der Waals surface area contributed by atoms with Crippen LogP contribution in [0.5, 0.6) is 0 Å².